The first-order valence-electron chi connectivity index (χ1n) is 28.9. The Morgan fingerprint density at radius 2 is 0.507 bits per heavy atom. The van der Waals surface area contributed by atoms with Gasteiger partial charge in [-0.25, -0.2) is 0 Å². The Morgan fingerprint density at radius 3 is 0.787 bits per heavy atom. The minimum absolute atomic E-state index is 0.576. The summed E-state index contributed by atoms with van der Waals surface area (Å²) in [5.74, 6) is 1.73. The number of fused-ring (bicyclic) bond motifs is 12. The highest BCUT2D eigenvalue weighted by atomic mass is 16.5. The summed E-state index contributed by atoms with van der Waals surface area (Å²) in [5, 5.41) is 28.9. The van der Waals surface area contributed by atoms with Crippen molar-refractivity contribution in [2.75, 3.05) is 13.2 Å². The van der Waals surface area contributed by atoms with E-state index in [-0.39, 0.29) is 0 Å². The number of ether oxygens (including phenoxy) is 2. The molecule has 1 aliphatic rings. The largest absolute Gasteiger partial charge is 0.493 e. The van der Waals surface area contributed by atoms with Gasteiger partial charge in [0.25, 0.3) is 0 Å². The molecular formula is C67H86N6O2. The van der Waals surface area contributed by atoms with Gasteiger partial charge in [0.1, 0.15) is 11.5 Å². The van der Waals surface area contributed by atoms with Crippen LogP contribution in [0, 0.1) is 27.7 Å². The summed E-state index contributed by atoms with van der Waals surface area (Å²) in [4.78, 5) is 0. The molecule has 8 heteroatoms. The molecule has 6 aromatic carbocycles. The summed E-state index contributed by atoms with van der Waals surface area (Å²) < 4.78 is 13.3. The van der Waals surface area contributed by atoms with Gasteiger partial charge in [0, 0.05) is 17.5 Å². The highest BCUT2D eigenvalue weighted by Gasteiger charge is 2.14. The topological polar surface area (TPSA) is 92.6 Å². The fourth-order valence-corrected chi connectivity index (χ4v) is 9.96. The van der Waals surface area contributed by atoms with Crippen LogP contribution in [0.3, 0.4) is 0 Å². The molecule has 0 radical (unpaired) electrons. The van der Waals surface area contributed by atoms with Gasteiger partial charge in [0.05, 0.1) is 47.3 Å². The zero-order chi connectivity index (χ0) is 52.5. The lowest BCUT2D eigenvalue weighted by atomic mass is 9.96. The van der Waals surface area contributed by atoms with E-state index < -0.39 is 0 Å². The highest BCUT2D eigenvalue weighted by Crippen LogP contribution is 2.35. The van der Waals surface area contributed by atoms with E-state index >= 15 is 0 Å². The average molecular weight is 1010 g/mol. The van der Waals surface area contributed by atoms with Gasteiger partial charge >= 0.3 is 0 Å². The summed E-state index contributed by atoms with van der Waals surface area (Å²) in [7, 11) is 0. The third-order valence-electron chi connectivity index (χ3n) is 14.9. The number of hydrogen-bond acceptors (Lipinski definition) is 8. The van der Waals surface area contributed by atoms with Crippen LogP contribution in [0.4, 0.5) is 34.1 Å². The Bertz CT molecular complexity index is 2620. The Morgan fingerprint density at radius 1 is 0.280 bits per heavy atom. The van der Waals surface area contributed by atoms with E-state index in [1.54, 1.807) is 0 Å². The van der Waals surface area contributed by atoms with E-state index in [1.807, 2.05) is 36.4 Å². The second-order valence-corrected chi connectivity index (χ2v) is 21.2. The third-order valence-corrected chi connectivity index (χ3v) is 14.9. The summed E-state index contributed by atoms with van der Waals surface area (Å²) in [5.41, 5.74) is 16.5. The zero-order valence-electron chi connectivity index (χ0n) is 46.6. The van der Waals surface area contributed by atoms with Gasteiger partial charge < -0.3 is 9.47 Å². The lowest BCUT2D eigenvalue weighted by Gasteiger charge is -2.16. The molecular weight excluding hydrogens is 921 g/mol. The first-order chi connectivity index (χ1) is 36.7. The maximum absolute atomic E-state index is 6.67. The normalized spacial score (nSPS) is 13.7. The van der Waals surface area contributed by atoms with Crippen molar-refractivity contribution in [2.24, 2.45) is 30.7 Å². The van der Waals surface area contributed by atoms with Gasteiger partial charge in [-0.05, 0) is 183 Å². The molecule has 0 fully saturated rings. The molecule has 1 aliphatic heterocycles. The molecule has 8 nitrogen and oxygen atoms in total. The molecule has 0 aromatic heterocycles. The number of benzene rings is 6. The van der Waals surface area contributed by atoms with E-state index in [0.717, 1.165) is 82.4 Å². The van der Waals surface area contributed by atoms with Crippen LogP contribution in [0.15, 0.2) is 140 Å². The number of azo groups is 3. The van der Waals surface area contributed by atoms with Gasteiger partial charge in [-0.3, -0.25) is 0 Å². The summed E-state index contributed by atoms with van der Waals surface area (Å²) in [6, 6.07) is 37.8. The fourth-order valence-electron chi connectivity index (χ4n) is 9.96. The second-order valence-electron chi connectivity index (χ2n) is 21.2. The molecule has 0 spiro atoms. The third kappa shape index (κ3) is 18.8. The minimum atomic E-state index is 0.576. The van der Waals surface area contributed by atoms with Crippen LogP contribution in [-0.2, 0) is 19.3 Å². The SMILES string of the molecule is CCCCCCCCCCCCOc1ccc2cc1Cc1cc(ccc1OCCCCCCCCCCCC)/N=N/c1ccc(C)c(c1)Cc1cc(ccc1C)/N=N/c1ccc(C)c(c1)Cc1cc(ccc1C)/N=N/2. The van der Waals surface area contributed by atoms with E-state index in [9.17, 15) is 0 Å². The summed E-state index contributed by atoms with van der Waals surface area (Å²) in [6.07, 6.45) is 27.7. The summed E-state index contributed by atoms with van der Waals surface area (Å²) in [6.45, 7) is 14.5. The maximum atomic E-state index is 6.67. The van der Waals surface area contributed by atoms with E-state index in [2.05, 4.69) is 114 Å². The molecule has 0 aliphatic carbocycles. The monoisotopic (exact) mass is 1010 g/mol. The van der Waals surface area contributed by atoms with Gasteiger partial charge in [0.15, 0.2) is 0 Å². The first-order valence-corrected chi connectivity index (χ1v) is 28.9. The highest BCUT2D eigenvalue weighted by molar-refractivity contribution is 5.56. The van der Waals surface area contributed by atoms with Crippen molar-refractivity contribution >= 4 is 34.1 Å². The van der Waals surface area contributed by atoms with Gasteiger partial charge in [-0.1, -0.05) is 154 Å². The molecule has 0 unspecified atom stereocenters. The van der Waals surface area contributed by atoms with Crippen molar-refractivity contribution < 1.29 is 9.47 Å². The van der Waals surface area contributed by atoms with Gasteiger partial charge in [-0.15, -0.1) is 0 Å². The van der Waals surface area contributed by atoms with Crippen molar-refractivity contribution in [1.82, 2.24) is 0 Å². The number of unbranched alkanes of at least 4 members (excludes halogenated alkanes) is 18. The van der Waals surface area contributed by atoms with Crippen molar-refractivity contribution in [2.45, 2.75) is 189 Å². The lowest BCUT2D eigenvalue weighted by Crippen LogP contribution is -2.03. The molecule has 396 valence electrons. The maximum Gasteiger partial charge on any atom is 0.122 e. The lowest BCUT2D eigenvalue weighted by molar-refractivity contribution is 0.298. The fraction of sp³-hybridized carbons (Fsp3) is 0.463. The molecule has 6 aromatic rings. The van der Waals surface area contributed by atoms with Gasteiger partial charge in [0.2, 0.25) is 0 Å². The molecule has 0 N–H and O–H groups in total. The number of nitrogens with zero attached hydrogens (tertiary/aromatic N) is 6. The van der Waals surface area contributed by atoms with Crippen molar-refractivity contribution in [3.05, 3.63) is 165 Å². The Labute approximate surface area is 451 Å². The molecule has 0 atom stereocenters. The Kier molecular flexibility index (Phi) is 23.3. The Balaban J connectivity index is 1.19. The standard InChI is InChI=1S/C67H86N6O2/c1-7-9-11-13-15-17-19-21-23-25-39-74-66-37-35-64-48-58(66)43-59-49-65(36-38-67(59)75-40-26-24-22-20-18-16-14-12-10-8-2)73-71-63-34-30-53(6)57(47-63)42-55-45-61(32-28-51(55)4)69-68-60-31-27-50(3)54(44-60)41-56-46-62(70-72-64)33-29-52(56)5/h27-38,44-49H,7-26,39-43H2,1-6H3/b69-68+,72-70+,73-71+. The van der Waals surface area contributed by atoms with E-state index in [0.29, 0.717) is 19.6 Å². The second kappa shape index (κ2) is 30.9. The Hall–Kier alpha value is -6.28. The zero-order valence-corrected chi connectivity index (χ0v) is 46.6. The van der Waals surface area contributed by atoms with Crippen LogP contribution in [0.1, 0.15) is 198 Å². The van der Waals surface area contributed by atoms with E-state index in [4.69, 9.17) is 40.2 Å². The van der Waals surface area contributed by atoms with Crippen LogP contribution in [-0.4, -0.2) is 13.2 Å². The molecule has 7 rings (SSSR count). The van der Waals surface area contributed by atoms with Crippen molar-refractivity contribution in [3.8, 4) is 11.5 Å². The summed E-state index contributed by atoms with van der Waals surface area (Å²) >= 11 is 0. The van der Waals surface area contributed by atoms with Crippen LogP contribution in [0.5, 0.6) is 11.5 Å². The average Bonchev–Trinajstić information content (AvgIpc) is 3.41. The molecule has 0 amide bonds. The predicted octanol–water partition coefficient (Wildman–Crippen LogP) is 21.9. The minimum Gasteiger partial charge on any atom is -0.493 e. The van der Waals surface area contributed by atoms with Crippen LogP contribution in [0.25, 0.3) is 0 Å². The number of aryl methyl sites for hydroxylation is 4. The van der Waals surface area contributed by atoms with Crippen molar-refractivity contribution in [3.63, 3.8) is 0 Å². The smallest absolute Gasteiger partial charge is 0.122 e. The number of hydrogen-bond donors (Lipinski definition) is 0. The predicted molar refractivity (Wildman–Crippen MR) is 313 cm³/mol. The molecule has 0 saturated heterocycles. The van der Waals surface area contributed by atoms with Crippen LogP contribution >= 0.6 is 0 Å². The van der Waals surface area contributed by atoms with Crippen LogP contribution < -0.4 is 9.47 Å². The van der Waals surface area contributed by atoms with Crippen molar-refractivity contribution in [1.29, 1.82) is 0 Å². The molecule has 1 heterocycles. The first kappa shape index (κ1) is 56.4. The number of rotatable bonds is 24. The molecule has 0 saturated carbocycles. The van der Waals surface area contributed by atoms with E-state index in [1.165, 1.54) is 160 Å². The molecule has 12 bridgehead atoms. The molecule has 75 heavy (non-hydrogen) atoms. The quantitative estimate of drug-likeness (QED) is 0.0564. The van der Waals surface area contributed by atoms with Crippen LogP contribution in [0.2, 0.25) is 0 Å². The van der Waals surface area contributed by atoms with Gasteiger partial charge in [-0.2, -0.15) is 30.7 Å².